The molecule has 3 aromatic rings. The van der Waals surface area contributed by atoms with Gasteiger partial charge in [-0.05, 0) is 30.2 Å². The van der Waals surface area contributed by atoms with Crippen molar-refractivity contribution in [3.05, 3.63) is 65.2 Å². The van der Waals surface area contributed by atoms with E-state index in [0.717, 1.165) is 16.1 Å². The Bertz CT molecular complexity index is 801. The summed E-state index contributed by atoms with van der Waals surface area (Å²) in [6.45, 7) is 2.95. The van der Waals surface area contributed by atoms with Crippen LogP contribution in [0, 0.1) is 0 Å². The average Bonchev–Trinajstić information content (AvgIpc) is 3.08. The van der Waals surface area contributed by atoms with Crippen molar-refractivity contribution in [2.45, 2.75) is 13.5 Å². The SMILES string of the molecule is CCOCc1nnc(NC(=O)c2ccc(-c3ccccc3)cc2)s1. The minimum Gasteiger partial charge on any atom is -0.374 e. The summed E-state index contributed by atoms with van der Waals surface area (Å²) in [5, 5.41) is 11.9. The van der Waals surface area contributed by atoms with E-state index in [2.05, 4.69) is 15.5 Å². The first-order chi connectivity index (χ1) is 11.8. The van der Waals surface area contributed by atoms with Gasteiger partial charge in [-0.25, -0.2) is 0 Å². The van der Waals surface area contributed by atoms with Crippen molar-refractivity contribution >= 4 is 22.4 Å². The minimum atomic E-state index is -0.200. The van der Waals surface area contributed by atoms with E-state index in [-0.39, 0.29) is 5.91 Å². The van der Waals surface area contributed by atoms with Gasteiger partial charge in [0.25, 0.3) is 5.91 Å². The molecule has 0 spiro atoms. The molecule has 0 aliphatic heterocycles. The van der Waals surface area contributed by atoms with Crippen LogP contribution in [0.4, 0.5) is 5.13 Å². The van der Waals surface area contributed by atoms with Crippen LogP contribution in [0.2, 0.25) is 0 Å². The zero-order valence-electron chi connectivity index (χ0n) is 13.2. The normalized spacial score (nSPS) is 10.5. The Morgan fingerprint density at radius 2 is 1.75 bits per heavy atom. The third-order valence-corrected chi connectivity index (χ3v) is 4.18. The molecule has 0 aliphatic rings. The summed E-state index contributed by atoms with van der Waals surface area (Å²) in [5.74, 6) is -0.200. The molecule has 0 radical (unpaired) electrons. The highest BCUT2D eigenvalue weighted by Gasteiger charge is 2.10. The number of rotatable bonds is 6. The van der Waals surface area contributed by atoms with Crippen LogP contribution in [0.5, 0.6) is 0 Å². The standard InChI is InChI=1S/C18H17N3O2S/c1-2-23-12-16-20-21-18(24-16)19-17(22)15-10-8-14(9-11-15)13-6-4-3-5-7-13/h3-11H,2,12H2,1H3,(H,19,21,22). The fourth-order valence-corrected chi connectivity index (χ4v) is 2.84. The van der Waals surface area contributed by atoms with E-state index < -0.39 is 0 Å². The smallest absolute Gasteiger partial charge is 0.257 e. The molecule has 1 amide bonds. The summed E-state index contributed by atoms with van der Waals surface area (Å²) < 4.78 is 5.27. The first-order valence-electron chi connectivity index (χ1n) is 7.63. The number of nitrogens with zero attached hydrogens (tertiary/aromatic N) is 2. The van der Waals surface area contributed by atoms with Crippen molar-refractivity contribution in [1.29, 1.82) is 0 Å². The van der Waals surface area contributed by atoms with Crippen LogP contribution in [-0.2, 0) is 11.3 Å². The lowest BCUT2D eigenvalue weighted by molar-refractivity contribution is 0.102. The van der Waals surface area contributed by atoms with E-state index in [4.69, 9.17) is 4.74 Å². The lowest BCUT2D eigenvalue weighted by Crippen LogP contribution is -2.11. The van der Waals surface area contributed by atoms with Gasteiger partial charge in [0.15, 0.2) is 0 Å². The molecule has 6 heteroatoms. The highest BCUT2D eigenvalue weighted by atomic mass is 32.1. The van der Waals surface area contributed by atoms with Crippen LogP contribution in [0.25, 0.3) is 11.1 Å². The van der Waals surface area contributed by atoms with Crippen LogP contribution in [0.15, 0.2) is 54.6 Å². The zero-order chi connectivity index (χ0) is 16.8. The number of carbonyl (C=O) groups is 1. The Balaban J connectivity index is 1.66. The molecule has 3 rings (SSSR count). The molecular weight excluding hydrogens is 322 g/mol. The van der Waals surface area contributed by atoms with Gasteiger partial charge in [-0.2, -0.15) is 0 Å². The second-order valence-electron chi connectivity index (χ2n) is 5.04. The number of benzene rings is 2. The fourth-order valence-electron chi connectivity index (χ4n) is 2.17. The molecule has 0 fully saturated rings. The average molecular weight is 339 g/mol. The van der Waals surface area contributed by atoms with Gasteiger partial charge >= 0.3 is 0 Å². The lowest BCUT2D eigenvalue weighted by atomic mass is 10.0. The molecule has 1 aromatic heterocycles. The van der Waals surface area contributed by atoms with Crippen molar-refractivity contribution in [3.8, 4) is 11.1 Å². The van der Waals surface area contributed by atoms with Crippen molar-refractivity contribution in [3.63, 3.8) is 0 Å². The van der Waals surface area contributed by atoms with Crippen LogP contribution in [-0.4, -0.2) is 22.7 Å². The van der Waals surface area contributed by atoms with Gasteiger partial charge < -0.3 is 4.74 Å². The summed E-state index contributed by atoms with van der Waals surface area (Å²) in [6.07, 6.45) is 0. The molecule has 0 atom stereocenters. The summed E-state index contributed by atoms with van der Waals surface area (Å²) in [5.41, 5.74) is 2.77. The Morgan fingerprint density at radius 3 is 2.46 bits per heavy atom. The van der Waals surface area contributed by atoms with E-state index >= 15 is 0 Å². The Kier molecular flexibility index (Phi) is 5.30. The van der Waals surface area contributed by atoms with Gasteiger partial charge in [0, 0.05) is 12.2 Å². The number of ether oxygens (including phenoxy) is 1. The number of hydrogen-bond donors (Lipinski definition) is 1. The molecular formula is C18H17N3O2S. The predicted octanol–water partition coefficient (Wildman–Crippen LogP) is 3.99. The second-order valence-corrected chi connectivity index (χ2v) is 6.10. The minimum absolute atomic E-state index is 0.200. The first kappa shape index (κ1) is 16.3. The van der Waals surface area contributed by atoms with E-state index in [1.165, 1.54) is 11.3 Å². The highest BCUT2D eigenvalue weighted by Crippen LogP contribution is 2.20. The molecule has 0 bridgehead atoms. The molecule has 5 nitrogen and oxygen atoms in total. The number of hydrogen-bond acceptors (Lipinski definition) is 5. The number of aromatic nitrogens is 2. The van der Waals surface area contributed by atoms with Crippen LogP contribution in [0.3, 0.4) is 0 Å². The van der Waals surface area contributed by atoms with Crippen LogP contribution in [0.1, 0.15) is 22.3 Å². The number of amides is 1. The molecule has 1 heterocycles. The van der Waals surface area contributed by atoms with E-state index in [0.29, 0.717) is 23.9 Å². The van der Waals surface area contributed by atoms with Crippen molar-refractivity contribution < 1.29 is 9.53 Å². The molecule has 1 N–H and O–H groups in total. The highest BCUT2D eigenvalue weighted by molar-refractivity contribution is 7.15. The third kappa shape index (κ3) is 4.04. The van der Waals surface area contributed by atoms with Gasteiger partial charge in [0.1, 0.15) is 11.6 Å². The van der Waals surface area contributed by atoms with Gasteiger partial charge in [-0.1, -0.05) is 53.8 Å². The zero-order valence-corrected chi connectivity index (χ0v) is 14.0. The maximum atomic E-state index is 12.3. The third-order valence-electron chi connectivity index (χ3n) is 3.37. The summed E-state index contributed by atoms with van der Waals surface area (Å²) >= 11 is 1.32. The summed E-state index contributed by atoms with van der Waals surface area (Å²) in [6, 6.07) is 17.5. The molecule has 0 saturated carbocycles. The molecule has 122 valence electrons. The van der Waals surface area contributed by atoms with Crippen molar-refractivity contribution in [2.24, 2.45) is 0 Å². The van der Waals surface area contributed by atoms with Crippen LogP contribution >= 0.6 is 11.3 Å². The van der Waals surface area contributed by atoms with E-state index in [9.17, 15) is 4.79 Å². The van der Waals surface area contributed by atoms with E-state index in [1.54, 1.807) is 12.1 Å². The predicted molar refractivity (Wildman–Crippen MR) is 95.1 cm³/mol. The quantitative estimate of drug-likeness (QED) is 0.737. The monoisotopic (exact) mass is 339 g/mol. The maximum absolute atomic E-state index is 12.3. The molecule has 0 aliphatic carbocycles. The van der Waals surface area contributed by atoms with Gasteiger partial charge in [0.05, 0.1) is 0 Å². The van der Waals surface area contributed by atoms with Crippen molar-refractivity contribution in [2.75, 3.05) is 11.9 Å². The Hall–Kier alpha value is -2.57. The molecule has 0 saturated heterocycles. The molecule has 0 unspecified atom stereocenters. The van der Waals surface area contributed by atoms with Crippen molar-refractivity contribution in [1.82, 2.24) is 10.2 Å². The van der Waals surface area contributed by atoms with Crippen LogP contribution < -0.4 is 5.32 Å². The number of nitrogens with one attached hydrogen (secondary N) is 1. The molecule has 2 aromatic carbocycles. The Labute approximate surface area is 144 Å². The Morgan fingerprint density at radius 1 is 1.04 bits per heavy atom. The summed E-state index contributed by atoms with van der Waals surface area (Å²) in [7, 11) is 0. The van der Waals surface area contributed by atoms with Gasteiger partial charge in [-0.3, -0.25) is 10.1 Å². The number of carbonyl (C=O) groups excluding carboxylic acids is 1. The first-order valence-corrected chi connectivity index (χ1v) is 8.45. The topological polar surface area (TPSA) is 64.1 Å². The molecule has 24 heavy (non-hydrogen) atoms. The number of anilines is 1. The lowest BCUT2D eigenvalue weighted by Gasteiger charge is -2.04. The van der Waals surface area contributed by atoms with E-state index in [1.807, 2.05) is 49.4 Å². The van der Waals surface area contributed by atoms with Gasteiger partial charge in [0.2, 0.25) is 5.13 Å². The van der Waals surface area contributed by atoms with Gasteiger partial charge in [-0.15, -0.1) is 10.2 Å². The maximum Gasteiger partial charge on any atom is 0.257 e. The fraction of sp³-hybridized carbons (Fsp3) is 0.167. The second kappa shape index (κ2) is 7.81. The summed E-state index contributed by atoms with van der Waals surface area (Å²) in [4.78, 5) is 12.3. The largest absolute Gasteiger partial charge is 0.374 e.